The molecule has 108 valence electrons. The van der Waals surface area contributed by atoms with Crippen LogP contribution in [0.1, 0.15) is 15.9 Å². The topological polar surface area (TPSA) is 55.1 Å². The highest BCUT2D eigenvalue weighted by atomic mass is 32.1. The average molecular weight is 310 g/mol. The molecular formula is C14H9F3N2OS. The van der Waals surface area contributed by atoms with Gasteiger partial charge in [0.05, 0.1) is 5.69 Å². The molecule has 0 saturated heterocycles. The minimum Gasteiger partial charge on any atom is -0.389 e. The van der Waals surface area contributed by atoms with Gasteiger partial charge in [-0.2, -0.15) is 0 Å². The van der Waals surface area contributed by atoms with Crippen molar-refractivity contribution in [3.8, 4) is 0 Å². The Bertz CT molecular complexity index is 714. The van der Waals surface area contributed by atoms with Gasteiger partial charge in [-0.15, -0.1) is 0 Å². The van der Waals surface area contributed by atoms with E-state index in [-0.39, 0.29) is 16.2 Å². The van der Waals surface area contributed by atoms with E-state index in [0.717, 1.165) is 18.2 Å². The summed E-state index contributed by atoms with van der Waals surface area (Å²) in [6.45, 7) is 0. The van der Waals surface area contributed by atoms with E-state index in [9.17, 15) is 18.0 Å². The summed E-state index contributed by atoms with van der Waals surface area (Å²) in [5.74, 6) is -3.39. The molecule has 0 aromatic heterocycles. The maximum atomic E-state index is 13.8. The molecule has 0 aliphatic carbocycles. The van der Waals surface area contributed by atoms with Gasteiger partial charge in [-0.3, -0.25) is 4.79 Å². The quantitative estimate of drug-likeness (QED) is 0.857. The van der Waals surface area contributed by atoms with Gasteiger partial charge in [0.1, 0.15) is 22.4 Å². The molecule has 3 N–H and O–H groups in total. The molecule has 1 amide bonds. The third kappa shape index (κ3) is 3.57. The number of anilines is 1. The first-order chi connectivity index (χ1) is 9.86. The van der Waals surface area contributed by atoms with Crippen LogP contribution < -0.4 is 11.1 Å². The minimum atomic E-state index is -0.899. The first kappa shape index (κ1) is 15.0. The Morgan fingerprint density at radius 1 is 1.00 bits per heavy atom. The number of rotatable bonds is 3. The fraction of sp³-hybridized carbons (Fsp3) is 0. The fourth-order valence-electron chi connectivity index (χ4n) is 1.65. The number of amides is 1. The highest BCUT2D eigenvalue weighted by Crippen LogP contribution is 2.17. The summed E-state index contributed by atoms with van der Waals surface area (Å²) in [5.41, 5.74) is 5.25. The molecular weight excluding hydrogens is 301 g/mol. The van der Waals surface area contributed by atoms with Crippen LogP contribution in [0.2, 0.25) is 0 Å². The van der Waals surface area contributed by atoms with Gasteiger partial charge in [-0.25, -0.2) is 13.2 Å². The van der Waals surface area contributed by atoms with Crippen LogP contribution in [0.4, 0.5) is 18.9 Å². The van der Waals surface area contributed by atoms with Gasteiger partial charge in [0.2, 0.25) is 0 Å². The molecule has 0 fully saturated rings. The van der Waals surface area contributed by atoms with Crippen LogP contribution in [0.3, 0.4) is 0 Å². The Kier molecular flexibility index (Phi) is 4.23. The Balaban J connectivity index is 2.25. The van der Waals surface area contributed by atoms with Gasteiger partial charge in [0, 0.05) is 17.2 Å². The van der Waals surface area contributed by atoms with E-state index >= 15 is 0 Å². The number of carbonyl (C=O) groups excluding carboxylic acids is 1. The molecule has 21 heavy (non-hydrogen) atoms. The van der Waals surface area contributed by atoms with E-state index in [1.807, 2.05) is 0 Å². The van der Waals surface area contributed by atoms with Crippen molar-refractivity contribution in [3.63, 3.8) is 0 Å². The van der Waals surface area contributed by atoms with Crippen molar-refractivity contribution >= 4 is 28.8 Å². The number of nitrogens with one attached hydrogen (secondary N) is 1. The molecule has 2 aromatic rings. The number of benzene rings is 2. The first-order valence-electron chi connectivity index (χ1n) is 5.73. The maximum Gasteiger partial charge on any atom is 0.255 e. The van der Waals surface area contributed by atoms with Crippen LogP contribution in [-0.4, -0.2) is 10.9 Å². The maximum absolute atomic E-state index is 13.8. The van der Waals surface area contributed by atoms with Gasteiger partial charge < -0.3 is 11.1 Å². The highest BCUT2D eigenvalue weighted by Gasteiger charge is 2.12. The van der Waals surface area contributed by atoms with Gasteiger partial charge in [0.15, 0.2) is 0 Å². The second-order valence-electron chi connectivity index (χ2n) is 4.17. The number of hydrogen-bond donors (Lipinski definition) is 2. The average Bonchev–Trinajstić information content (AvgIpc) is 2.39. The molecule has 0 atom stereocenters. The van der Waals surface area contributed by atoms with Crippen LogP contribution in [-0.2, 0) is 0 Å². The number of thiocarbonyl (C=S) groups is 1. The number of carbonyl (C=O) groups is 1. The third-order valence-corrected chi connectivity index (χ3v) is 2.86. The normalized spacial score (nSPS) is 10.2. The molecule has 0 aliphatic rings. The molecule has 0 saturated carbocycles. The summed E-state index contributed by atoms with van der Waals surface area (Å²) in [7, 11) is 0. The lowest BCUT2D eigenvalue weighted by Gasteiger charge is -2.08. The van der Waals surface area contributed by atoms with E-state index < -0.39 is 23.4 Å². The molecule has 3 nitrogen and oxygen atoms in total. The SMILES string of the molecule is NC(=S)c1ccc(NC(=O)c2cc(F)cc(F)c2)c(F)c1. The van der Waals surface area contributed by atoms with Crippen LogP contribution in [0.5, 0.6) is 0 Å². The second kappa shape index (κ2) is 5.92. The minimum absolute atomic E-state index is 0.0129. The summed E-state index contributed by atoms with van der Waals surface area (Å²) in [6.07, 6.45) is 0. The van der Waals surface area contributed by atoms with Crippen molar-refractivity contribution in [2.45, 2.75) is 0 Å². The lowest BCUT2D eigenvalue weighted by Crippen LogP contribution is -2.15. The van der Waals surface area contributed by atoms with E-state index in [1.54, 1.807) is 0 Å². The van der Waals surface area contributed by atoms with E-state index in [0.29, 0.717) is 11.6 Å². The molecule has 0 heterocycles. The summed E-state index contributed by atoms with van der Waals surface area (Å²) in [5, 5.41) is 2.22. The fourth-order valence-corrected chi connectivity index (χ4v) is 1.78. The molecule has 2 aromatic carbocycles. The molecule has 2 rings (SSSR count). The van der Waals surface area contributed by atoms with Crippen LogP contribution in [0.15, 0.2) is 36.4 Å². The predicted molar refractivity (Wildman–Crippen MR) is 76.6 cm³/mol. The van der Waals surface area contributed by atoms with Crippen molar-refractivity contribution < 1.29 is 18.0 Å². The van der Waals surface area contributed by atoms with Crippen molar-refractivity contribution in [2.75, 3.05) is 5.32 Å². The standard InChI is InChI=1S/C14H9F3N2OS/c15-9-3-8(4-10(16)6-9)14(20)19-12-2-1-7(13(18)21)5-11(12)17/h1-6H,(H2,18,21)(H,19,20). The third-order valence-electron chi connectivity index (χ3n) is 2.63. The zero-order valence-electron chi connectivity index (χ0n) is 10.5. The van der Waals surface area contributed by atoms with Gasteiger partial charge in [-0.05, 0) is 30.3 Å². The van der Waals surface area contributed by atoms with Crippen molar-refractivity contribution in [1.29, 1.82) is 0 Å². The second-order valence-corrected chi connectivity index (χ2v) is 4.61. The molecule has 0 aliphatic heterocycles. The predicted octanol–water partition coefficient (Wildman–Crippen LogP) is 2.99. The molecule has 0 bridgehead atoms. The Hall–Kier alpha value is -2.41. The number of nitrogens with two attached hydrogens (primary N) is 1. The smallest absolute Gasteiger partial charge is 0.255 e. The van der Waals surface area contributed by atoms with Gasteiger partial charge in [0.25, 0.3) is 5.91 Å². The summed E-state index contributed by atoms with van der Waals surface area (Å²) < 4.78 is 39.8. The summed E-state index contributed by atoms with van der Waals surface area (Å²) in [4.78, 5) is 11.8. The Labute approximate surface area is 123 Å². The van der Waals surface area contributed by atoms with Crippen LogP contribution >= 0.6 is 12.2 Å². The highest BCUT2D eigenvalue weighted by molar-refractivity contribution is 7.80. The Morgan fingerprint density at radius 3 is 2.14 bits per heavy atom. The summed E-state index contributed by atoms with van der Waals surface area (Å²) in [6, 6.07) is 6.07. The largest absolute Gasteiger partial charge is 0.389 e. The monoisotopic (exact) mass is 310 g/mol. The zero-order valence-corrected chi connectivity index (χ0v) is 11.3. The molecule has 0 spiro atoms. The van der Waals surface area contributed by atoms with E-state index in [2.05, 4.69) is 5.32 Å². The Morgan fingerprint density at radius 2 is 1.62 bits per heavy atom. The molecule has 0 radical (unpaired) electrons. The number of hydrogen-bond acceptors (Lipinski definition) is 2. The number of halogens is 3. The van der Waals surface area contributed by atoms with Crippen LogP contribution in [0, 0.1) is 17.5 Å². The molecule has 7 heteroatoms. The van der Waals surface area contributed by atoms with Crippen molar-refractivity contribution in [2.24, 2.45) is 5.73 Å². The lowest BCUT2D eigenvalue weighted by molar-refractivity contribution is 0.102. The first-order valence-corrected chi connectivity index (χ1v) is 6.14. The molecule has 0 unspecified atom stereocenters. The van der Waals surface area contributed by atoms with Crippen molar-refractivity contribution in [3.05, 3.63) is 65.0 Å². The van der Waals surface area contributed by atoms with Gasteiger partial charge in [-0.1, -0.05) is 12.2 Å². The van der Waals surface area contributed by atoms with E-state index in [4.69, 9.17) is 18.0 Å². The summed E-state index contributed by atoms with van der Waals surface area (Å²) >= 11 is 4.70. The lowest BCUT2D eigenvalue weighted by atomic mass is 10.1. The zero-order chi connectivity index (χ0) is 15.6. The van der Waals surface area contributed by atoms with Crippen molar-refractivity contribution in [1.82, 2.24) is 0 Å². The van der Waals surface area contributed by atoms with Crippen LogP contribution in [0.25, 0.3) is 0 Å². The van der Waals surface area contributed by atoms with Gasteiger partial charge >= 0.3 is 0 Å². The van der Waals surface area contributed by atoms with E-state index in [1.165, 1.54) is 12.1 Å².